The van der Waals surface area contributed by atoms with E-state index in [1.54, 1.807) is 35.4 Å². The maximum Gasteiger partial charge on any atom is 0.433 e. The van der Waals surface area contributed by atoms with Gasteiger partial charge in [0.2, 0.25) is 5.95 Å². The Balaban J connectivity index is 0.00000112. The Hall–Kier alpha value is -3.01. The monoisotopic (exact) mass is 596 g/mol. The third-order valence-electron chi connectivity index (χ3n) is 5.83. The number of anilines is 4. The van der Waals surface area contributed by atoms with Crippen molar-refractivity contribution < 1.29 is 13.2 Å². The van der Waals surface area contributed by atoms with Crippen molar-refractivity contribution in [2.45, 2.75) is 26.4 Å². The minimum Gasteiger partial charge on any atom is -0.367 e. The fourth-order valence-electron chi connectivity index (χ4n) is 4.08. The normalized spacial score (nSPS) is 13.7. The first-order valence-corrected chi connectivity index (χ1v) is 13.5. The lowest BCUT2D eigenvalue weighted by molar-refractivity contribution is -0.141. The second kappa shape index (κ2) is 12.4. The van der Waals surface area contributed by atoms with Gasteiger partial charge in [0.15, 0.2) is 5.69 Å². The molecule has 2 aromatic carbocycles. The number of rotatable bonds is 4. The smallest absolute Gasteiger partial charge is 0.367 e. The molecule has 1 aliphatic rings. The van der Waals surface area contributed by atoms with Crippen LogP contribution in [0.15, 0.2) is 54.7 Å². The van der Waals surface area contributed by atoms with Gasteiger partial charge >= 0.3 is 6.18 Å². The quantitative estimate of drug-likeness (QED) is 0.255. The van der Waals surface area contributed by atoms with Crippen molar-refractivity contribution in [3.63, 3.8) is 0 Å². The summed E-state index contributed by atoms with van der Waals surface area (Å²) in [5, 5.41) is 4.76. The number of benzene rings is 2. The fraction of sp³-hybridized carbons (Fsp3) is 0.296. The molecule has 4 aromatic rings. The van der Waals surface area contributed by atoms with E-state index >= 15 is 0 Å². The maximum atomic E-state index is 13.7. The van der Waals surface area contributed by atoms with Crippen molar-refractivity contribution in [1.29, 1.82) is 0 Å². The van der Waals surface area contributed by atoms with E-state index in [2.05, 4.69) is 39.0 Å². The van der Waals surface area contributed by atoms with E-state index in [4.69, 9.17) is 34.8 Å². The van der Waals surface area contributed by atoms with E-state index in [9.17, 15) is 13.2 Å². The highest BCUT2D eigenvalue weighted by Crippen LogP contribution is 2.35. The maximum absolute atomic E-state index is 13.7. The minimum atomic E-state index is -4.65. The Bertz CT molecular complexity index is 1440. The number of aromatic nitrogens is 3. The first-order chi connectivity index (χ1) is 18.6. The first-order valence-electron chi connectivity index (χ1n) is 12.3. The molecule has 5 rings (SSSR count). The highest BCUT2D eigenvalue weighted by atomic mass is 35.5. The molecule has 0 unspecified atom stereocenters. The van der Waals surface area contributed by atoms with Gasteiger partial charge in [-0.3, -0.25) is 4.98 Å². The highest BCUT2D eigenvalue weighted by Gasteiger charge is 2.35. The van der Waals surface area contributed by atoms with Gasteiger partial charge in [0.05, 0.1) is 21.2 Å². The molecule has 1 saturated heterocycles. The van der Waals surface area contributed by atoms with Crippen LogP contribution in [0.25, 0.3) is 10.9 Å². The minimum absolute atomic E-state index is 0.168. The van der Waals surface area contributed by atoms with Crippen molar-refractivity contribution in [2.24, 2.45) is 0 Å². The van der Waals surface area contributed by atoms with Gasteiger partial charge in [-0.2, -0.15) is 18.2 Å². The first kappa shape index (κ1) is 29.0. The zero-order chi connectivity index (χ0) is 28.2. The van der Waals surface area contributed by atoms with E-state index in [1.807, 2.05) is 18.2 Å². The summed E-state index contributed by atoms with van der Waals surface area (Å²) in [5.74, 6) is -0.0487. The van der Waals surface area contributed by atoms with Crippen molar-refractivity contribution in [3.8, 4) is 0 Å². The van der Waals surface area contributed by atoms with Crippen LogP contribution in [0, 0.1) is 0 Å². The molecule has 0 bridgehead atoms. The van der Waals surface area contributed by atoms with E-state index in [1.165, 1.54) is 6.42 Å². The summed E-state index contributed by atoms with van der Waals surface area (Å²) in [7, 11) is 0. The molecule has 2 aromatic heterocycles. The summed E-state index contributed by atoms with van der Waals surface area (Å²) in [6.45, 7) is 6.33. The molecule has 1 fully saturated rings. The third-order valence-corrected chi connectivity index (χ3v) is 6.88. The van der Waals surface area contributed by atoms with Crippen LogP contribution in [0.5, 0.6) is 0 Å². The molecule has 206 valence electrons. The van der Waals surface area contributed by atoms with Crippen molar-refractivity contribution in [3.05, 3.63) is 75.5 Å². The van der Waals surface area contributed by atoms with Crippen LogP contribution in [0.2, 0.25) is 15.1 Å². The zero-order valence-corrected chi connectivity index (χ0v) is 23.5. The second-order valence-corrected chi connectivity index (χ2v) is 10.1. The average molecular weight is 598 g/mol. The lowest BCUT2D eigenvalue weighted by Crippen LogP contribution is -2.47. The molecule has 3 heterocycles. The van der Waals surface area contributed by atoms with Crippen LogP contribution in [0.4, 0.5) is 36.3 Å². The molecule has 0 spiro atoms. The molecular weight excluding hydrogens is 572 g/mol. The van der Waals surface area contributed by atoms with Crippen LogP contribution in [0.1, 0.15) is 26.0 Å². The second-order valence-electron chi connectivity index (χ2n) is 8.83. The predicted molar refractivity (Wildman–Crippen MR) is 154 cm³/mol. The molecule has 0 atom stereocenters. The number of nitrogens with zero attached hydrogens (tertiary/aromatic N) is 5. The average Bonchev–Trinajstić information content (AvgIpc) is 2.91. The number of hydrogen-bond donors (Lipinski definition) is 1. The van der Waals surface area contributed by atoms with Crippen molar-refractivity contribution >= 4 is 68.8 Å². The van der Waals surface area contributed by atoms with Gasteiger partial charge in [-0.05, 0) is 36.4 Å². The van der Waals surface area contributed by atoms with E-state index in [-0.39, 0.29) is 21.8 Å². The van der Waals surface area contributed by atoms with Gasteiger partial charge in [-0.1, -0.05) is 61.1 Å². The van der Waals surface area contributed by atoms with E-state index in [0.29, 0.717) is 36.9 Å². The molecule has 0 saturated carbocycles. The van der Waals surface area contributed by atoms with Crippen LogP contribution in [0.3, 0.4) is 0 Å². The highest BCUT2D eigenvalue weighted by molar-refractivity contribution is 6.43. The predicted octanol–water partition coefficient (Wildman–Crippen LogP) is 8.49. The van der Waals surface area contributed by atoms with Gasteiger partial charge in [0, 0.05) is 54.5 Å². The topological polar surface area (TPSA) is 57.2 Å². The summed E-state index contributed by atoms with van der Waals surface area (Å²) in [4.78, 5) is 16.4. The SMILES string of the molecule is CCC.FC(F)(F)c1cc(N2CCN(c3ccnc4cc(Cl)ccc34)CC2)nc(Nc2cccc(Cl)c2Cl)n1. The molecule has 1 N–H and O–H groups in total. The number of pyridine rings is 1. The Morgan fingerprint density at radius 1 is 0.897 bits per heavy atom. The standard InChI is InChI=1S/C24H18Cl3F3N6.C3H8/c25-14-4-5-15-18(12-14)31-7-6-19(15)35-8-10-36(11-9-35)21-13-20(24(28,29)30)33-23(34-21)32-17-3-1-2-16(26)22(17)27;1-3-2/h1-7,12-13H,8-11H2,(H,32,33,34);3H2,1-2H3. The summed E-state index contributed by atoms with van der Waals surface area (Å²) in [6.07, 6.45) is -1.68. The third kappa shape index (κ3) is 6.96. The van der Waals surface area contributed by atoms with E-state index < -0.39 is 11.9 Å². The number of halogens is 6. The lowest BCUT2D eigenvalue weighted by atomic mass is 10.1. The largest absolute Gasteiger partial charge is 0.433 e. The van der Waals surface area contributed by atoms with Crippen molar-refractivity contribution in [1.82, 2.24) is 15.0 Å². The van der Waals surface area contributed by atoms with Gasteiger partial charge in [-0.15, -0.1) is 0 Å². The Kier molecular flexibility index (Phi) is 9.25. The number of fused-ring (bicyclic) bond motifs is 1. The number of hydrogen-bond acceptors (Lipinski definition) is 6. The van der Waals surface area contributed by atoms with Gasteiger partial charge < -0.3 is 15.1 Å². The molecule has 39 heavy (non-hydrogen) atoms. The fourth-order valence-corrected chi connectivity index (χ4v) is 4.59. The number of piperazine rings is 1. The Morgan fingerprint density at radius 2 is 1.59 bits per heavy atom. The molecule has 0 amide bonds. The summed E-state index contributed by atoms with van der Waals surface area (Å²) in [6, 6.07) is 13.2. The van der Waals surface area contributed by atoms with Crippen LogP contribution in [-0.4, -0.2) is 41.1 Å². The summed E-state index contributed by atoms with van der Waals surface area (Å²) >= 11 is 18.3. The molecular formula is C27H26Cl3F3N6. The van der Waals surface area contributed by atoms with Crippen molar-refractivity contribution in [2.75, 3.05) is 41.3 Å². The van der Waals surface area contributed by atoms with Gasteiger partial charge in [0.1, 0.15) is 5.82 Å². The zero-order valence-electron chi connectivity index (χ0n) is 21.2. The Morgan fingerprint density at radius 3 is 2.28 bits per heavy atom. The number of alkyl halides is 3. The van der Waals surface area contributed by atoms with Gasteiger partial charge in [-0.25, -0.2) is 4.98 Å². The number of nitrogens with one attached hydrogen (secondary N) is 1. The molecule has 0 radical (unpaired) electrons. The molecule has 1 aliphatic heterocycles. The van der Waals surface area contributed by atoms with Crippen LogP contribution in [-0.2, 0) is 6.18 Å². The summed E-state index contributed by atoms with van der Waals surface area (Å²) in [5.41, 5.74) is 1.04. The van der Waals surface area contributed by atoms with Crippen LogP contribution >= 0.6 is 34.8 Å². The molecule has 6 nitrogen and oxygen atoms in total. The van der Waals surface area contributed by atoms with Gasteiger partial charge in [0.25, 0.3) is 0 Å². The molecule has 0 aliphatic carbocycles. The Labute approximate surface area is 239 Å². The van der Waals surface area contributed by atoms with Crippen LogP contribution < -0.4 is 15.1 Å². The lowest BCUT2D eigenvalue weighted by Gasteiger charge is -2.37. The summed E-state index contributed by atoms with van der Waals surface area (Å²) < 4.78 is 41.0. The molecule has 12 heteroatoms. The van der Waals surface area contributed by atoms with E-state index in [0.717, 1.165) is 22.7 Å².